The normalized spacial score (nSPS) is 16.8. The molecule has 3 heteroatoms. The number of thiophene rings is 2. The summed E-state index contributed by atoms with van der Waals surface area (Å²) in [4.78, 5) is 12.1. The van der Waals surface area contributed by atoms with Crippen molar-refractivity contribution in [3.8, 4) is 9.75 Å². The summed E-state index contributed by atoms with van der Waals surface area (Å²) >= 11 is 2.15. The molecule has 1 aliphatic rings. The first-order valence-corrected chi connectivity index (χ1v) is 18.1. The first-order valence-electron chi connectivity index (χ1n) is 6.47. The van der Waals surface area contributed by atoms with Crippen molar-refractivity contribution in [2.75, 3.05) is 0 Å². The van der Waals surface area contributed by atoms with Gasteiger partial charge in [0.25, 0.3) is 0 Å². The van der Waals surface area contributed by atoms with E-state index in [1.807, 2.05) is 11.3 Å². The van der Waals surface area contributed by atoms with Crippen LogP contribution < -0.4 is 2.89 Å². The van der Waals surface area contributed by atoms with E-state index in [1.165, 1.54) is 4.88 Å². The van der Waals surface area contributed by atoms with Crippen LogP contribution >= 0.6 is 22.7 Å². The second kappa shape index (κ2) is 3.86. The zero-order chi connectivity index (χ0) is 13.3. The molecule has 0 spiro atoms. The van der Waals surface area contributed by atoms with Gasteiger partial charge < -0.3 is 0 Å². The molecule has 0 aromatic carbocycles. The molecular formula is C15H20S2Sn. The Morgan fingerprint density at radius 1 is 0.944 bits per heavy atom. The van der Waals surface area contributed by atoms with E-state index in [1.54, 1.807) is 23.8 Å². The molecule has 96 valence electrons. The van der Waals surface area contributed by atoms with E-state index in [-0.39, 0.29) is 5.41 Å². The summed E-state index contributed by atoms with van der Waals surface area (Å²) in [6.45, 7) is 7.01. The Balaban J connectivity index is 2.26. The molecule has 1 aliphatic carbocycles. The van der Waals surface area contributed by atoms with Crippen LogP contribution in [0.3, 0.4) is 0 Å². The number of fused-ring (bicyclic) bond motifs is 3. The van der Waals surface area contributed by atoms with Gasteiger partial charge >= 0.3 is 123 Å². The zero-order valence-corrected chi connectivity index (χ0v) is 16.5. The molecule has 0 nitrogen and oxygen atoms in total. The topological polar surface area (TPSA) is 0 Å². The van der Waals surface area contributed by atoms with Crippen molar-refractivity contribution in [2.45, 2.75) is 41.0 Å². The van der Waals surface area contributed by atoms with Crippen molar-refractivity contribution in [1.82, 2.24) is 0 Å². The second-order valence-electron chi connectivity index (χ2n) is 6.83. The fourth-order valence-corrected chi connectivity index (χ4v) is 10.5. The average Bonchev–Trinajstić information content (AvgIpc) is 2.82. The van der Waals surface area contributed by atoms with Gasteiger partial charge in [0, 0.05) is 0 Å². The third kappa shape index (κ3) is 1.75. The molecule has 3 rings (SSSR count). The molecule has 0 saturated heterocycles. The molecule has 0 N–H and O–H groups in total. The molecule has 0 bridgehead atoms. The quantitative estimate of drug-likeness (QED) is 0.610. The summed E-state index contributed by atoms with van der Waals surface area (Å²) in [5.74, 6) is 0. The fourth-order valence-electron chi connectivity index (χ4n) is 2.69. The molecular weight excluding hydrogens is 363 g/mol. The van der Waals surface area contributed by atoms with Crippen LogP contribution in [-0.2, 0) is 5.41 Å². The Morgan fingerprint density at radius 2 is 1.50 bits per heavy atom. The summed E-state index contributed by atoms with van der Waals surface area (Å²) in [5.41, 5.74) is 3.37. The van der Waals surface area contributed by atoms with Crippen LogP contribution in [0.5, 0.6) is 0 Å². The molecule has 0 radical (unpaired) electrons. The van der Waals surface area contributed by atoms with Crippen LogP contribution in [0.4, 0.5) is 0 Å². The van der Waals surface area contributed by atoms with E-state index in [9.17, 15) is 0 Å². The predicted molar refractivity (Wildman–Crippen MR) is 87.5 cm³/mol. The predicted octanol–water partition coefficient (Wildman–Crippen LogP) is 4.97. The Hall–Kier alpha value is 0.199. The van der Waals surface area contributed by atoms with Crippen molar-refractivity contribution in [3.05, 3.63) is 28.1 Å². The summed E-state index contributed by atoms with van der Waals surface area (Å²) in [7, 11) is 0. The second-order valence-corrected chi connectivity index (χ2v) is 24.6. The van der Waals surface area contributed by atoms with E-state index in [4.69, 9.17) is 0 Å². The van der Waals surface area contributed by atoms with Crippen molar-refractivity contribution in [2.24, 2.45) is 0 Å². The van der Waals surface area contributed by atoms with Crippen molar-refractivity contribution < 1.29 is 0 Å². The van der Waals surface area contributed by atoms with E-state index in [0.717, 1.165) is 0 Å². The molecule has 0 unspecified atom stereocenters. The SMILES string of the molecule is Cc1cc2c(s1)-c1s[c]([Sn]([CH3])([CH3])[CH3])cc1C2(C)C. The Morgan fingerprint density at radius 3 is 2.11 bits per heavy atom. The molecule has 0 fully saturated rings. The van der Waals surface area contributed by atoms with Crippen LogP contribution in [0.25, 0.3) is 9.75 Å². The third-order valence-corrected chi connectivity index (χ3v) is 15.7. The van der Waals surface area contributed by atoms with Gasteiger partial charge in [0.1, 0.15) is 0 Å². The summed E-state index contributed by atoms with van der Waals surface area (Å²) in [6, 6.07) is 4.94. The van der Waals surface area contributed by atoms with Gasteiger partial charge in [0.2, 0.25) is 0 Å². The van der Waals surface area contributed by atoms with Crippen molar-refractivity contribution in [3.63, 3.8) is 0 Å². The van der Waals surface area contributed by atoms with Crippen LogP contribution in [0.15, 0.2) is 12.1 Å². The van der Waals surface area contributed by atoms with E-state index in [0.29, 0.717) is 0 Å². The minimum absolute atomic E-state index is 0.224. The van der Waals surface area contributed by atoms with Gasteiger partial charge in [-0.2, -0.15) is 0 Å². The number of hydrogen-bond acceptors (Lipinski definition) is 2. The molecule has 0 saturated carbocycles. The molecule has 2 aromatic heterocycles. The van der Waals surface area contributed by atoms with E-state index < -0.39 is 18.4 Å². The first-order chi connectivity index (χ1) is 8.21. The number of hydrogen-bond donors (Lipinski definition) is 0. The Labute approximate surface area is 122 Å². The van der Waals surface area contributed by atoms with Gasteiger partial charge in [-0.3, -0.25) is 0 Å². The van der Waals surface area contributed by atoms with E-state index in [2.05, 4.69) is 59.1 Å². The third-order valence-electron chi connectivity index (χ3n) is 3.88. The summed E-state index contributed by atoms with van der Waals surface area (Å²) in [6.07, 6.45) is 0. The summed E-state index contributed by atoms with van der Waals surface area (Å²) in [5, 5.41) is 0. The van der Waals surface area contributed by atoms with Gasteiger partial charge in [0.05, 0.1) is 0 Å². The fraction of sp³-hybridized carbons (Fsp3) is 0.467. The Bertz CT molecular complexity index is 623. The first kappa shape index (κ1) is 13.2. The molecule has 0 atom stereocenters. The average molecular weight is 383 g/mol. The van der Waals surface area contributed by atoms with E-state index >= 15 is 0 Å². The summed E-state index contributed by atoms with van der Waals surface area (Å²) < 4.78 is 1.72. The maximum atomic E-state index is 2.54. The Kier molecular flexibility index (Phi) is 2.83. The van der Waals surface area contributed by atoms with Crippen LogP contribution in [-0.4, -0.2) is 18.4 Å². The van der Waals surface area contributed by atoms with Gasteiger partial charge in [0.15, 0.2) is 0 Å². The number of rotatable bonds is 1. The molecule has 0 amide bonds. The van der Waals surface area contributed by atoms with Gasteiger partial charge in [-0.25, -0.2) is 0 Å². The van der Waals surface area contributed by atoms with Gasteiger partial charge in [-0.05, 0) is 0 Å². The van der Waals surface area contributed by atoms with Gasteiger partial charge in [-0.1, -0.05) is 0 Å². The standard InChI is InChI=1S/C12H11S2.3CH3.Sn/c1-7-6-9-11(14-7)10-8(4-5-13-10)12(9,2)3;;;;/h4,6H,1-3H3;3*1H3;. The molecule has 2 aromatic rings. The zero-order valence-electron chi connectivity index (χ0n) is 12.0. The molecule has 0 aliphatic heterocycles. The van der Waals surface area contributed by atoms with Crippen molar-refractivity contribution >= 4 is 43.9 Å². The maximum absolute atomic E-state index is 2.54. The van der Waals surface area contributed by atoms with Gasteiger partial charge in [-0.15, -0.1) is 0 Å². The molecule has 18 heavy (non-hydrogen) atoms. The minimum atomic E-state index is -1.92. The van der Waals surface area contributed by atoms with Crippen LogP contribution in [0, 0.1) is 6.92 Å². The van der Waals surface area contributed by atoms with Crippen LogP contribution in [0.2, 0.25) is 14.8 Å². The van der Waals surface area contributed by atoms with Crippen LogP contribution in [0.1, 0.15) is 29.9 Å². The molecule has 2 heterocycles. The monoisotopic (exact) mass is 384 g/mol. The van der Waals surface area contributed by atoms with Crippen molar-refractivity contribution in [1.29, 1.82) is 0 Å². The number of aryl methyl sites for hydroxylation is 1.